The van der Waals surface area contributed by atoms with Crippen molar-refractivity contribution in [1.29, 1.82) is 0 Å². The first kappa shape index (κ1) is 17.4. The van der Waals surface area contributed by atoms with E-state index in [1.165, 1.54) is 37.9 Å². The lowest BCUT2D eigenvalue weighted by Crippen LogP contribution is -2.31. The van der Waals surface area contributed by atoms with E-state index in [-0.39, 0.29) is 0 Å². The van der Waals surface area contributed by atoms with Crippen molar-refractivity contribution < 1.29 is 9.84 Å². The van der Waals surface area contributed by atoms with Crippen molar-refractivity contribution in [3.63, 3.8) is 0 Å². The molecule has 1 saturated heterocycles. The van der Waals surface area contributed by atoms with Crippen molar-refractivity contribution in [1.82, 2.24) is 4.90 Å². The molecule has 0 bridgehead atoms. The minimum absolute atomic E-state index is 0.332. The van der Waals surface area contributed by atoms with Gasteiger partial charge in [-0.2, -0.15) is 0 Å². The molecule has 0 aromatic heterocycles. The first-order valence-corrected chi connectivity index (χ1v) is 9.83. The van der Waals surface area contributed by atoms with Crippen LogP contribution in [-0.4, -0.2) is 29.6 Å². The van der Waals surface area contributed by atoms with E-state index in [1.807, 2.05) is 6.07 Å². The molecule has 0 spiro atoms. The topological polar surface area (TPSA) is 32.7 Å². The zero-order valence-corrected chi connectivity index (χ0v) is 16.1. The van der Waals surface area contributed by atoms with Gasteiger partial charge in [0.1, 0.15) is 17.1 Å². The van der Waals surface area contributed by atoms with Gasteiger partial charge in [0.2, 0.25) is 0 Å². The third-order valence-electron chi connectivity index (χ3n) is 5.76. The number of rotatable bonds is 3. The summed E-state index contributed by atoms with van der Waals surface area (Å²) >= 11 is 0. The molecule has 0 radical (unpaired) electrons. The summed E-state index contributed by atoms with van der Waals surface area (Å²) in [6.07, 6.45) is 4.93. The van der Waals surface area contributed by atoms with Gasteiger partial charge < -0.3 is 14.7 Å². The second-order valence-electron chi connectivity index (χ2n) is 8.30. The smallest absolute Gasteiger partial charge is 0.132 e. The number of fused-ring (bicyclic) bond motifs is 3. The number of phenolic OH excluding ortho intramolecular Hbond substituents is 1. The van der Waals surface area contributed by atoms with Gasteiger partial charge in [0, 0.05) is 12.1 Å². The number of phenols is 1. The second-order valence-corrected chi connectivity index (χ2v) is 8.30. The Morgan fingerprint density at radius 3 is 2.62 bits per heavy atom. The van der Waals surface area contributed by atoms with Crippen LogP contribution in [0.3, 0.4) is 0 Å². The molecule has 138 valence electrons. The normalized spacial score (nSPS) is 18.7. The largest absolute Gasteiger partial charge is 0.507 e. The van der Waals surface area contributed by atoms with E-state index in [9.17, 15) is 5.11 Å². The van der Waals surface area contributed by atoms with Crippen molar-refractivity contribution >= 4 is 0 Å². The van der Waals surface area contributed by atoms with E-state index in [4.69, 9.17) is 4.74 Å². The van der Waals surface area contributed by atoms with E-state index < -0.39 is 5.60 Å². The van der Waals surface area contributed by atoms with Gasteiger partial charge in [0.15, 0.2) is 0 Å². The minimum atomic E-state index is -0.395. The maximum absolute atomic E-state index is 10.8. The van der Waals surface area contributed by atoms with Crippen molar-refractivity contribution in [2.45, 2.75) is 52.1 Å². The lowest BCUT2D eigenvalue weighted by Gasteiger charge is -2.35. The Morgan fingerprint density at radius 1 is 1.08 bits per heavy atom. The fraction of sp³-hybridized carbons (Fsp3) is 0.478. The van der Waals surface area contributed by atoms with Crippen molar-refractivity contribution in [2.24, 2.45) is 0 Å². The maximum Gasteiger partial charge on any atom is 0.132 e. The third kappa shape index (κ3) is 3.21. The monoisotopic (exact) mass is 351 g/mol. The fourth-order valence-electron chi connectivity index (χ4n) is 4.34. The minimum Gasteiger partial charge on any atom is -0.507 e. The van der Waals surface area contributed by atoms with Gasteiger partial charge in [-0.05, 0) is 76.4 Å². The summed E-state index contributed by atoms with van der Waals surface area (Å²) < 4.78 is 6.33. The molecule has 0 saturated carbocycles. The van der Waals surface area contributed by atoms with E-state index in [0.717, 1.165) is 41.0 Å². The Bertz CT molecular complexity index is 819. The standard InChI is InChI=1S/C23H29NO2/c1-16-7-8-19-18(13-16)22-20(25)14-17(15-21(22)26-23(19,2)3)9-12-24-10-5-4-6-11-24/h7-8,13-15,25H,4-6,9-12H2,1-3H3. The number of likely N-dealkylation sites (tertiary alicyclic amines) is 1. The molecule has 3 heteroatoms. The zero-order chi connectivity index (χ0) is 18.3. The van der Waals surface area contributed by atoms with Crippen molar-refractivity contribution in [3.8, 4) is 22.6 Å². The van der Waals surface area contributed by atoms with Gasteiger partial charge >= 0.3 is 0 Å². The summed E-state index contributed by atoms with van der Waals surface area (Å²) in [5.41, 5.74) is 5.02. The Kier molecular flexibility index (Phi) is 4.44. The van der Waals surface area contributed by atoms with Crippen LogP contribution in [0.15, 0.2) is 30.3 Å². The number of hydrogen-bond acceptors (Lipinski definition) is 3. The van der Waals surface area contributed by atoms with Crippen LogP contribution < -0.4 is 4.74 Å². The highest BCUT2D eigenvalue weighted by Crippen LogP contribution is 2.49. The molecular weight excluding hydrogens is 322 g/mol. The average Bonchev–Trinajstić information content (AvgIpc) is 2.59. The molecule has 26 heavy (non-hydrogen) atoms. The number of piperidine rings is 1. The molecule has 1 N–H and O–H groups in total. The summed E-state index contributed by atoms with van der Waals surface area (Å²) in [7, 11) is 0. The van der Waals surface area contributed by atoms with Crippen LogP contribution in [-0.2, 0) is 12.0 Å². The quantitative estimate of drug-likeness (QED) is 0.842. The summed E-state index contributed by atoms with van der Waals surface area (Å²) in [5.74, 6) is 1.14. The molecular formula is C23H29NO2. The summed E-state index contributed by atoms with van der Waals surface area (Å²) in [6, 6.07) is 10.4. The van der Waals surface area contributed by atoms with Crippen LogP contribution >= 0.6 is 0 Å². The third-order valence-corrected chi connectivity index (χ3v) is 5.76. The molecule has 0 unspecified atom stereocenters. The average molecular weight is 351 g/mol. The van der Waals surface area contributed by atoms with Crippen LogP contribution in [0, 0.1) is 6.92 Å². The number of aromatic hydroxyl groups is 1. The molecule has 2 aromatic rings. The molecule has 4 rings (SSSR count). The van der Waals surface area contributed by atoms with E-state index >= 15 is 0 Å². The molecule has 2 aromatic carbocycles. The van der Waals surface area contributed by atoms with Gasteiger partial charge in [0.25, 0.3) is 0 Å². The number of benzene rings is 2. The lowest BCUT2D eigenvalue weighted by molar-refractivity contribution is 0.105. The van der Waals surface area contributed by atoms with Gasteiger partial charge in [-0.25, -0.2) is 0 Å². The fourth-order valence-corrected chi connectivity index (χ4v) is 4.34. The number of nitrogens with zero attached hydrogens (tertiary/aromatic N) is 1. The highest BCUT2D eigenvalue weighted by molar-refractivity contribution is 5.82. The van der Waals surface area contributed by atoms with Gasteiger partial charge in [0.05, 0.1) is 5.56 Å². The summed E-state index contributed by atoms with van der Waals surface area (Å²) in [4.78, 5) is 2.53. The molecule has 0 aliphatic carbocycles. The first-order valence-electron chi connectivity index (χ1n) is 9.83. The van der Waals surface area contributed by atoms with Crippen LogP contribution in [0.2, 0.25) is 0 Å². The number of ether oxygens (including phenoxy) is 1. The van der Waals surface area contributed by atoms with Crippen LogP contribution in [0.5, 0.6) is 11.5 Å². The lowest BCUT2D eigenvalue weighted by atomic mass is 9.84. The maximum atomic E-state index is 10.8. The number of hydrogen-bond donors (Lipinski definition) is 1. The van der Waals surface area contributed by atoms with Gasteiger partial charge in [-0.1, -0.05) is 30.2 Å². The SMILES string of the molecule is Cc1ccc2c(c1)-c1c(O)cc(CCN3CCCCC3)cc1OC2(C)C. The summed E-state index contributed by atoms with van der Waals surface area (Å²) in [5, 5.41) is 10.8. The Hall–Kier alpha value is -2.00. The van der Waals surface area contributed by atoms with Gasteiger partial charge in [-0.15, -0.1) is 0 Å². The second kappa shape index (κ2) is 6.62. The van der Waals surface area contributed by atoms with Crippen LogP contribution in [0.25, 0.3) is 11.1 Å². The molecule has 2 aliphatic heterocycles. The molecule has 2 heterocycles. The highest BCUT2D eigenvalue weighted by atomic mass is 16.5. The van der Waals surface area contributed by atoms with E-state index in [1.54, 1.807) is 0 Å². The molecule has 3 nitrogen and oxygen atoms in total. The first-order chi connectivity index (χ1) is 12.4. The predicted octanol–water partition coefficient (Wildman–Crippen LogP) is 5.02. The Balaban J connectivity index is 1.66. The Labute approximate surface area is 156 Å². The van der Waals surface area contributed by atoms with E-state index in [0.29, 0.717) is 5.75 Å². The predicted molar refractivity (Wildman–Crippen MR) is 106 cm³/mol. The van der Waals surface area contributed by atoms with Crippen LogP contribution in [0.4, 0.5) is 0 Å². The van der Waals surface area contributed by atoms with Crippen molar-refractivity contribution in [2.75, 3.05) is 19.6 Å². The molecule has 0 atom stereocenters. The Morgan fingerprint density at radius 2 is 1.85 bits per heavy atom. The van der Waals surface area contributed by atoms with Crippen LogP contribution in [0.1, 0.15) is 49.8 Å². The molecule has 2 aliphatic rings. The molecule has 1 fully saturated rings. The molecule has 0 amide bonds. The zero-order valence-electron chi connectivity index (χ0n) is 16.1. The van der Waals surface area contributed by atoms with E-state index in [2.05, 4.69) is 49.9 Å². The number of aryl methyl sites for hydroxylation is 1. The van der Waals surface area contributed by atoms with Crippen molar-refractivity contribution in [3.05, 3.63) is 47.0 Å². The van der Waals surface area contributed by atoms with Gasteiger partial charge in [-0.3, -0.25) is 0 Å². The summed E-state index contributed by atoms with van der Waals surface area (Å²) in [6.45, 7) is 9.74. The highest BCUT2D eigenvalue weighted by Gasteiger charge is 2.34.